The van der Waals surface area contributed by atoms with E-state index in [9.17, 15) is 25.1 Å². The van der Waals surface area contributed by atoms with E-state index in [2.05, 4.69) is 5.32 Å². The van der Waals surface area contributed by atoms with Gasteiger partial charge in [0.2, 0.25) is 0 Å². The van der Waals surface area contributed by atoms with Crippen molar-refractivity contribution >= 4 is 11.6 Å². The normalized spacial score (nSPS) is 13.0. The standard InChI is InChI=1S/C20H25N3O6/c1-13(8-9-29-12-14-2-5-16(6-3-14)23(27)28)22-11-19(25)15-4-7-18(24)17(10-15)20(21)26/h2-7,10,13,19,22,24-25H,8-9,11-12H2,1H3,(H2,21,26). The number of nitrogens with two attached hydrogens (primary N) is 1. The Morgan fingerprint density at radius 2 is 1.97 bits per heavy atom. The number of rotatable bonds is 11. The molecule has 156 valence electrons. The minimum absolute atomic E-state index is 0.0331. The van der Waals surface area contributed by atoms with Crippen molar-refractivity contribution in [1.82, 2.24) is 5.32 Å². The molecular weight excluding hydrogens is 378 g/mol. The molecule has 0 radical (unpaired) electrons. The molecule has 0 spiro atoms. The largest absolute Gasteiger partial charge is 0.507 e. The molecule has 29 heavy (non-hydrogen) atoms. The molecule has 9 nitrogen and oxygen atoms in total. The van der Waals surface area contributed by atoms with Crippen LogP contribution in [0.1, 0.15) is 40.9 Å². The fourth-order valence-corrected chi connectivity index (χ4v) is 2.66. The number of aromatic hydroxyl groups is 1. The van der Waals surface area contributed by atoms with Gasteiger partial charge in [-0.15, -0.1) is 0 Å². The number of nitrogens with zero attached hydrogens (tertiary/aromatic N) is 1. The second-order valence-corrected chi connectivity index (χ2v) is 6.73. The van der Waals surface area contributed by atoms with Gasteiger partial charge in [0.25, 0.3) is 11.6 Å². The Kier molecular flexibility index (Phi) is 8.08. The predicted molar refractivity (Wildman–Crippen MR) is 106 cm³/mol. The summed E-state index contributed by atoms with van der Waals surface area (Å²) in [5, 5.41) is 33.7. The quantitative estimate of drug-likeness (QED) is 0.255. The van der Waals surface area contributed by atoms with Crippen LogP contribution in [0, 0.1) is 10.1 Å². The Morgan fingerprint density at radius 3 is 2.59 bits per heavy atom. The monoisotopic (exact) mass is 403 g/mol. The number of phenols is 1. The lowest BCUT2D eigenvalue weighted by atomic mass is 10.0. The van der Waals surface area contributed by atoms with Crippen molar-refractivity contribution in [1.29, 1.82) is 0 Å². The Balaban J connectivity index is 1.71. The van der Waals surface area contributed by atoms with Crippen molar-refractivity contribution in [2.24, 2.45) is 5.73 Å². The molecule has 1 amide bonds. The van der Waals surface area contributed by atoms with Crippen LogP contribution in [0.5, 0.6) is 5.75 Å². The number of aliphatic hydroxyl groups excluding tert-OH is 1. The number of aliphatic hydroxyl groups is 1. The Labute approximate surface area is 168 Å². The van der Waals surface area contributed by atoms with Crippen molar-refractivity contribution in [2.45, 2.75) is 32.1 Å². The van der Waals surface area contributed by atoms with Gasteiger partial charge < -0.3 is 26.0 Å². The van der Waals surface area contributed by atoms with Crippen LogP contribution in [0.3, 0.4) is 0 Å². The van der Waals surface area contributed by atoms with Gasteiger partial charge >= 0.3 is 0 Å². The fraction of sp³-hybridized carbons (Fsp3) is 0.350. The minimum atomic E-state index is -0.864. The van der Waals surface area contributed by atoms with E-state index in [1.807, 2.05) is 6.92 Å². The zero-order valence-electron chi connectivity index (χ0n) is 16.1. The summed E-state index contributed by atoms with van der Waals surface area (Å²) < 4.78 is 5.59. The molecule has 9 heteroatoms. The van der Waals surface area contributed by atoms with Gasteiger partial charge in [-0.25, -0.2) is 0 Å². The highest BCUT2D eigenvalue weighted by molar-refractivity contribution is 5.95. The molecule has 2 atom stereocenters. The lowest BCUT2D eigenvalue weighted by Crippen LogP contribution is -2.31. The van der Waals surface area contributed by atoms with Gasteiger partial charge in [0, 0.05) is 31.3 Å². The summed E-state index contributed by atoms with van der Waals surface area (Å²) in [6.07, 6.45) is -0.167. The number of benzene rings is 2. The summed E-state index contributed by atoms with van der Waals surface area (Å²) in [6, 6.07) is 10.5. The smallest absolute Gasteiger partial charge is 0.269 e. The van der Waals surface area contributed by atoms with Crippen LogP contribution in [-0.2, 0) is 11.3 Å². The van der Waals surface area contributed by atoms with Crippen LogP contribution in [0.4, 0.5) is 5.69 Å². The number of primary amides is 1. The molecule has 2 unspecified atom stereocenters. The maximum Gasteiger partial charge on any atom is 0.269 e. The van der Waals surface area contributed by atoms with Crippen molar-refractivity contribution in [3.05, 3.63) is 69.3 Å². The lowest BCUT2D eigenvalue weighted by Gasteiger charge is -2.18. The van der Waals surface area contributed by atoms with Gasteiger partial charge in [0.15, 0.2) is 0 Å². The van der Waals surface area contributed by atoms with Crippen LogP contribution >= 0.6 is 0 Å². The van der Waals surface area contributed by atoms with Crippen LogP contribution < -0.4 is 11.1 Å². The molecule has 0 aliphatic heterocycles. The van der Waals surface area contributed by atoms with Gasteiger partial charge in [-0.3, -0.25) is 14.9 Å². The van der Waals surface area contributed by atoms with Crippen LogP contribution in [0.25, 0.3) is 0 Å². The van der Waals surface area contributed by atoms with Gasteiger partial charge in [-0.1, -0.05) is 6.07 Å². The second-order valence-electron chi connectivity index (χ2n) is 6.73. The fourth-order valence-electron chi connectivity index (χ4n) is 2.66. The topological polar surface area (TPSA) is 148 Å². The number of hydrogen-bond acceptors (Lipinski definition) is 7. The third kappa shape index (κ3) is 6.83. The van der Waals surface area contributed by atoms with E-state index in [1.165, 1.54) is 30.3 Å². The first-order valence-corrected chi connectivity index (χ1v) is 9.13. The first-order valence-electron chi connectivity index (χ1n) is 9.13. The maximum absolute atomic E-state index is 11.3. The Bertz CT molecular complexity index is 841. The summed E-state index contributed by atoms with van der Waals surface area (Å²) in [7, 11) is 0. The van der Waals surface area contributed by atoms with E-state index < -0.39 is 16.9 Å². The summed E-state index contributed by atoms with van der Waals surface area (Å²) in [5.41, 5.74) is 6.54. The van der Waals surface area contributed by atoms with E-state index in [-0.39, 0.29) is 29.6 Å². The number of amides is 1. The van der Waals surface area contributed by atoms with Crippen molar-refractivity contribution in [3.63, 3.8) is 0 Å². The first kappa shape index (κ1) is 22.3. The predicted octanol–water partition coefficient (Wildman–Crippen LogP) is 2.02. The van der Waals surface area contributed by atoms with Crippen LogP contribution in [-0.4, -0.2) is 40.2 Å². The van der Waals surface area contributed by atoms with Crippen LogP contribution in [0.2, 0.25) is 0 Å². The average Bonchev–Trinajstić information content (AvgIpc) is 2.69. The molecule has 0 saturated carbocycles. The van der Waals surface area contributed by atoms with Crippen molar-refractivity contribution in [3.8, 4) is 5.75 Å². The van der Waals surface area contributed by atoms with Gasteiger partial charge in [0.05, 0.1) is 23.2 Å². The van der Waals surface area contributed by atoms with Crippen LogP contribution in [0.15, 0.2) is 42.5 Å². The summed E-state index contributed by atoms with van der Waals surface area (Å²) in [5.74, 6) is -0.983. The number of nitro benzene ring substituents is 1. The molecular formula is C20H25N3O6. The van der Waals surface area contributed by atoms with Crippen molar-refractivity contribution < 1.29 is 24.7 Å². The number of ether oxygens (including phenoxy) is 1. The Hall–Kier alpha value is -3.01. The first-order chi connectivity index (χ1) is 13.8. The molecule has 0 aromatic heterocycles. The molecule has 0 fully saturated rings. The zero-order chi connectivity index (χ0) is 21.4. The molecule has 2 aromatic carbocycles. The van der Waals surface area contributed by atoms with Crippen molar-refractivity contribution in [2.75, 3.05) is 13.2 Å². The second kappa shape index (κ2) is 10.5. The highest BCUT2D eigenvalue weighted by Gasteiger charge is 2.14. The van der Waals surface area contributed by atoms with E-state index >= 15 is 0 Å². The molecule has 5 N–H and O–H groups in total. The third-order valence-corrected chi connectivity index (χ3v) is 4.44. The van der Waals surface area contributed by atoms with Gasteiger partial charge in [0.1, 0.15) is 5.75 Å². The zero-order valence-corrected chi connectivity index (χ0v) is 16.1. The highest BCUT2D eigenvalue weighted by atomic mass is 16.6. The average molecular weight is 403 g/mol. The number of nitrogens with one attached hydrogen (secondary N) is 1. The molecule has 0 aliphatic rings. The number of carbonyl (C=O) groups excluding carboxylic acids is 1. The summed E-state index contributed by atoms with van der Waals surface area (Å²) in [6.45, 7) is 3.04. The summed E-state index contributed by atoms with van der Waals surface area (Å²) >= 11 is 0. The number of non-ortho nitro benzene ring substituents is 1. The number of nitro groups is 1. The van der Waals surface area contributed by atoms with E-state index in [0.717, 1.165) is 5.56 Å². The highest BCUT2D eigenvalue weighted by Crippen LogP contribution is 2.22. The molecule has 0 saturated heterocycles. The van der Waals surface area contributed by atoms with E-state index in [1.54, 1.807) is 12.1 Å². The molecule has 0 bridgehead atoms. The third-order valence-electron chi connectivity index (χ3n) is 4.44. The molecule has 0 heterocycles. The SMILES string of the molecule is CC(CCOCc1ccc([N+](=O)[O-])cc1)NCC(O)c1ccc(O)c(C(N)=O)c1. The molecule has 0 aliphatic carbocycles. The summed E-state index contributed by atoms with van der Waals surface area (Å²) in [4.78, 5) is 21.5. The van der Waals surface area contributed by atoms with Gasteiger partial charge in [-0.2, -0.15) is 0 Å². The van der Waals surface area contributed by atoms with Gasteiger partial charge in [-0.05, 0) is 48.7 Å². The minimum Gasteiger partial charge on any atom is -0.507 e. The van der Waals surface area contributed by atoms with E-state index in [0.29, 0.717) is 25.2 Å². The van der Waals surface area contributed by atoms with E-state index in [4.69, 9.17) is 10.5 Å². The number of carbonyl (C=O) groups is 1. The molecule has 2 rings (SSSR count). The number of hydrogen-bond donors (Lipinski definition) is 4. The lowest BCUT2D eigenvalue weighted by molar-refractivity contribution is -0.384. The Morgan fingerprint density at radius 1 is 1.28 bits per heavy atom. The maximum atomic E-state index is 11.3. The molecule has 2 aromatic rings.